The van der Waals surface area contributed by atoms with Crippen molar-refractivity contribution < 1.29 is 19.1 Å². The molecule has 0 saturated carbocycles. The van der Waals surface area contributed by atoms with Gasteiger partial charge in [-0.2, -0.15) is 4.99 Å². The van der Waals surface area contributed by atoms with Crippen molar-refractivity contribution in [2.24, 2.45) is 10.7 Å². The monoisotopic (exact) mass is 236 g/mol. The van der Waals surface area contributed by atoms with Gasteiger partial charge < -0.3 is 15.2 Å². The molecule has 1 amide bonds. The maximum Gasteiger partial charge on any atom is 0.438 e. The Morgan fingerprint density at radius 3 is 2.47 bits per heavy atom. The molecule has 0 aliphatic carbocycles. The van der Waals surface area contributed by atoms with Gasteiger partial charge in [0.1, 0.15) is 5.84 Å². The van der Waals surface area contributed by atoms with Crippen molar-refractivity contribution in [2.45, 2.75) is 6.92 Å². The molecule has 1 rings (SSSR count). The Labute approximate surface area is 98.0 Å². The molecule has 0 atom stereocenters. The molecule has 0 fully saturated rings. The SMILES string of the molecule is CC(=O)OCOC(=O)N=C(N)c1ccccc1. The lowest BCUT2D eigenvalue weighted by molar-refractivity contribution is -0.148. The highest BCUT2D eigenvalue weighted by atomic mass is 16.7. The van der Waals surface area contributed by atoms with Gasteiger partial charge in [0.2, 0.25) is 6.79 Å². The van der Waals surface area contributed by atoms with Crippen LogP contribution in [-0.2, 0) is 14.3 Å². The number of carbonyl (C=O) groups excluding carboxylic acids is 2. The van der Waals surface area contributed by atoms with Gasteiger partial charge in [0.15, 0.2) is 0 Å². The number of esters is 1. The third-order valence-corrected chi connectivity index (χ3v) is 1.73. The molecule has 6 nitrogen and oxygen atoms in total. The van der Waals surface area contributed by atoms with E-state index in [1.54, 1.807) is 24.3 Å². The fraction of sp³-hybridized carbons (Fsp3) is 0.182. The maximum absolute atomic E-state index is 11.1. The molecule has 6 heteroatoms. The van der Waals surface area contributed by atoms with Crippen LogP contribution < -0.4 is 5.73 Å². The third kappa shape index (κ3) is 4.78. The minimum absolute atomic E-state index is 0.0402. The van der Waals surface area contributed by atoms with E-state index in [0.29, 0.717) is 5.56 Å². The average molecular weight is 236 g/mol. The summed E-state index contributed by atoms with van der Waals surface area (Å²) < 4.78 is 8.90. The van der Waals surface area contributed by atoms with Gasteiger partial charge in [-0.15, -0.1) is 0 Å². The van der Waals surface area contributed by atoms with Crippen LogP contribution >= 0.6 is 0 Å². The summed E-state index contributed by atoms with van der Waals surface area (Å²) in [7, 11) is 0. The van der Waals surface area contributed by atoms with Gasteiger partial charge in [0.25, 0.3) is 0 Å². The number of nitrogens with zero attached hydrogens (tertiary/aromatic N) is 1. The first kappa shape index (κ1) is 12.7. The van der Waals surface area contributed by atoms with Crippen LogP contribution in [0.3, 0.4) is 0 Å². The number of aliphatic imine (C=N–C) groups is 1. The second-order valence-electron chi connectivity index (χ2n) is 3.03. The van der Waals surface area contributed by atoms with E-state index in [0.717, 1.165) is 0 Å². The quantitative estimate of drug-likeness (QED) is 0.366. The van der Waals surface area contributed by atoms with E-state index >= 15 is 0 Å². The van der Waals surface area contributed by atoms with Crippen molar-refractivity contribution >= 4 is 17.9 Å². The number of hydrogen-bond donors (Lipinski definition) is 1. The number of rotatable bonds is 3. The molecule has 1 aromatic rings. The van der Waals surface area contributed by atoms with E-state index in [2.05, 4.69) is 14.5 Å². The van der Waals surface area contributed by atoms with E-state index < -0.39 is 18.9 Å². The fourth-order valence-electron chi connectivity index (χ4n) is 0.967. The Morgan fingerprint density at radius 1 is 1.24 bits per heavy atom. The summed E-state index contributed by atoms with van der Waals surface area (Å²) in [6.07, 6.45) is -0.910. The van der Waals surface area contributed by atoms with Gasteiger partial charge in [-0.1, -0.05) is 30.3 Å². The van der Waals surface area contributed by atoms with E-state index in [4.69, 9.17) is 5.73 Å². The number of amidine groups is 1. The van der Waals surface area contributed by atoms with Crippen molar-refractivity contribution in [3.05, 3.63) is 35.9 Å². The van der Waals surface area contributed by atoms with E-state index in [9.17, 15) is 9.59 Å². The Morgan fingerprint density at radius 2 is 1.88 bits per heavy atom. The number of benzene rings is 1. The van der Waals surface area contributed by atoms with Crippen LogP contribution in [0.5, 0.6) is 0 Å². The number of carbonyl (C=O) groups is 2. The molecule has 0 radical (unpaired) electrons. The molecule has 0 bridgehead atoms. The summed E-state index contributed by atoms with van der Waals surface area (Å²) >= 11 is 0. The number of amides is 1. The molecule has 2 N–H and O–H groups in total. The molecule has 0 aliphatic rings. The molecule has 0 saturated heterocycles. The first-order valence-corrected chi connectivity index (χ1v) is 4.79. The predicted molar refractivity (Wildman–Crippen MR) is 60.3 cm³/mol. The fourth-order valence-corrected chi connectivity index (χ4v) is 0.967. The van der Waals surface area contributed by atoms with Crippen LogP contribution in [0.15, 0.2) is 35.3 Å². The molecule has 0 aromatic heterocycles. The molecule has 1 aromatic carbocycles. The molecule has 0 unspecified atom stereocenters. The van der Waals surface area contributed by atoms with Crippen molar-refractivity contribution in [3.63, 3.8) is 0 Å². The zero-order valence-electron chi connectivity index (χ0n) is 9.25. The second kappa shape index (κ2) is 6.26. The Bertz CT molecular complexity index is 428. The lowest BCUT2D eigenvalue weighted by Gasteiger charge is -2.02. The van der Waals surface area contributed by atoms with Crippen LogP contribution in [0.2, 0.25) is 0 Å². The van der Waals surface area contributed by atoms with Gasteiger partial charge in [-0.05, 0) is 0 Å². The summed E-state index contributed by atoms with van der Waals surface area (Å²) in [6, 6.07) is 8.76. The summed E-state index contributed by atoms with van der Waals surface area (Å²) in [5.41, 5.74) is 6.18. The molecule has 0 heterocycles. The maximum atomic E-state index is 11.1. The summed E-state index contributed by atoms with van der Waals surface area (Å²) in [4.78, 5) is 25.0. The Balaban J connectivity index is 2.51. The van der Waals surface area contributed by atoms with Crippen LogP contribution in [0.1, 0.15) is 12.5 Å². The van der Waals surface area contributed by atoms with Gasteiger partial charge in [0, 0.05) is 12.5 Å². The average Bonchev–Trinajstić information content (AvgIpc) is 2.29. The highest BCUT2D eigenvalue weighted by Crippen LogP contribution is 1.98. The number of ether oxygens (including phenoxy) is 2. The Hall–Kier alpha value is -2.37. The van der Waals surface area contributed by atoms with Gasteiger partial charge >= 0.3 is 12.1 Å². The summed E-state index contributed by atoms with van der Waals surface area (Å²) in [5.74, 6) is -0.503. The largest absolute Gasteiger partial charge is 0.438 e. The minimum Gasteiger partial charge on any atom is -0.428 e. The highest BCUT2D eigenvalue weighted by Gasteiger charge is 2.04. The topological polar surface area (TPSA) is 91.0 Å². The predicted octanol–water partition coefficient (Wildman–Crippen LogP) is 1.05. The first-order valence-electron chi connectivity index (χ1n) is 4.79. The molecule has 90 valence electrons. The summed E-state index contributed by atoms with van der Waals surface area (Å²) in [5, 5.41) is 0. The van der Waals surface area contributed by atoms with Crippen LogP contribution in [-0.4, -0.2) is 24.7 Å². The van der Waals surface area contributed by atoms with Crippen molar-refractivity contribution in [1.29, 1.82) is 0 Å². The standard InChI is InChI=1S/C11H12N2O4/c1-8(14)16-7-17-11(15)13-10(12)9-5-3-2-4-6-9/h2-6H,7H2,1H3,(H2,12,13,15). The van der Waals surface area contributed by atoms with Crippen LogP contribution in [0.25, 0.3) is 0 Å². The number of nitrogens with two attached hydrogens (primary N) is 1. The van der Waals surface area contributed by atoms with Crippen molar-refractivity contribution in [2.75, 3.05) is 6.79 Å². The van der Waals surface area contributed by atoms with Crippen LogP contribution in [0, 0.1) is 0 Å². The lowest BCUT2D eigenvalue weighted by atomic mass is 10.2. The summed E-state index contributed by atoms with van der Waals surface area (Å²) in [6.45, 7) is 0.731. The molecule has 0 spiro atoms. The minimum atomic E-state index is -0.910. The van der Waals surface area contributed by atoms with Crippen LogP contribution in [0.4, 0.5) is 4.79 Å². The second-order valence-corrected chi connectivity index (χ2v) is 3.03. The van der Waals surface area contributed by atoms with Crippen molar-refractivity contribution in [3.8, 4) is 0 Å². The van der Waals surface area contributed by atoms with Gasteiger partial charge in [0.05, 0.1) is 0 Å². The molecule has 17 heavy (non-hydrogen) atoms. The molecular formula is C11H12N2O4. The molecular weight excluding hydrogens is 224 g/mol. The first-order chi connectivity index (χ1) is 8.09. The lowest BCUT2D eigenvalue weighted by Crippen LogP contribution is -2.17. The zero-order valence-corrected chi connectivity index (χ0v) is 9.25. The molecule has 0 aliphatic heterocycles. The third-order valence-electron chi connectivity index (χ3n) is 1.73. The van der Waals surface area contributed by atoms with E-state index in [1.807, 2.05) is 6.07 Å². The smallest absolute Gasteiger partial charge is 0.428 e. The zero-order chi connectivity index (χ0) is 12.7. The van der Waals surface area contributed by atoms with Gasteiger partial charge in [-0.3, -0.25) is 4.79 Å². The van der Waals surface area contributed by atoms with E-state index in [1.165, 1.54) is 6.92 Å². The Kier molecular flexibility index (Phi) is 4.68. The highest BCUT2D eigenvalue weighted by molar-refractivity contribution is 6.02. The normalized spacial score (nSPS) is 10.8. The van der Waals surface area contributed by atoms with Crippen molar-refractivity contribution in [1.82, 2.24) is 0 Å². The number of hydrogen-bond acceptors (Lipinski definition) is 4. The van der Waals surface area contributed by atoms with E-state index in [-0.39, 0.29) is 5.84 Å². The van der Waals surface area contributed by atoms with Gasteiger partial charge in [-0.25, -0.2) is 4.79 Å².